The standard InChI is InChI=1S/C14H17F2N3/c1-9(2)17-6-5-14-18-8-13(19-14)11-7-10(15)3-4-12(11)16/h3-4,7-9,17H,5-6H2,1-2H3,(H,18,19). The van der Waals surface area contributed by atoms with E-state index in [9.17, 15) is 8.78 Å². The van der Waals surface area contributed by atoms with Crippen LogP contribution in [0.5, 0.6) is 0 Å². The summed E-state index contributed by atoms with van der Waals surface area (Å²) in [6, 6.07) is 3.79. The first-order valence-electron chi connectivity index (χ1n) is 6.29. The third-order valence-corrected chi connectivity index (χ3v) is 2.76. The van der Waals surface area contributed by atoms with Crippen molar-refractivity contribution in [1.29, 1.82) is 0 Å². The van der Waals surface area contributed by atoms with Crippen LogP contribution in [-0.2, 0) is 6.42 Å². The quantitative estimate of drug-likeness (QED) is 0.872. The minimum absolute atomic E-state index is 0.204. The smallest absolute Gasteiger partial charge is 0.132 e. The van der Waals surface area contributed by atoms with Crippen LogP contribution in [0.2, 0.25) is 0 Å². The zero-order chi connectivity index (χ0) is 13.8. The molecule has 2 aromatic rings. The SMILES string of the molecule is CC(C)NCCc1ncc(-c2cc(F)ccc2F)[nH]1. The first-order valence-corrected chi connectivity index (χ1v) is 6.29. The van der Waals surface area contributed by atoms with Crippen molar-refractivity contribution < 1.29 is 8.78 Å². The molecule has 0 atom stereocenters. The van der Waals surface area contributed by atoms with E-state index >= 15 is 0 Å². The van der Waals surface area contributed by atoms with Gasteiger partial charge in [-0.25, -0.2) is 13.8 Å². The summed E-state index contributed by atoms with van der Waals surface area (Å²) in [4.78, 5) is 7.19. The van der Waals surface area contributed by atoms with Crippen LogP contribution in [0, 0.1) is 11.6 Å². The number of nitrogens with one attached hydrogen (secondary N) is 2. The molecular formula is C14H17F2N3. The Kier molecular flexibility index (Phi) is 4.27. The summed E-state index contributed by atoms with van der Waals surface area (Å²) in [5.74, 6) is -0.169. The summed E-state index contributed by atoms with van der Waals surface area (Å²) in [7, 11) is 0. The molecule has 1 heterocycles. The van der Waals surface area contributed by atoms with E-state index in [-0.39, 0.29) is 5.56 Å². The topological polar surface area (TPSA) is 40.7 Å². The van der Waals surface area contributed by atoms with Gasteiger partial charge in [-0.15, -0.1) is 0 Å². The molecule has 0 aliphatic heterocycles. The van der Waals surface area contributed by atoms with Crippen molar-refractivity contribution in [3.63, 3.8) is 0 Å². The number of benzene rings is 1. The molecule has 0 saturated carbocycles. The van der Waals surface area contributed by atoms with Crippen LogP contribution >= 0.6 is 0 Å². The molecule has 0 bridgehead atoms. The van der Waals surface area contributed by atoms with Crippen LogP contribution in [0.25, 0.3) is 11.3 Å². The molecule has 102 valence electrons. The van der Waals surface area contributed by atoms with Gasteiger partial charge in [0.1, 0.15) is 17.5 Å². The summed E-state index contributed by atoms with van der Waals surface area (Å²) in [6.45, 7) is 4.92. The maximum atomic E-state index is 13.6. The van der Waals surface area contributed by atoms with Gasteiger partial charge in [0.2, 0.25) is 0 Å². The van der Waals surface area contributed by atoms with Gasteiger partial charge in [0, 0.05) is 24.6 Å². The second-order valence-corrected chi connectivity index (χ2v) is 4.73. The fourth-order valence-electron chi connectivity index (χ4n) is 1.81. The van der Waals surface area contributed by atoms with Gasteiger partial charge >= 0.3 is 0 Å². The van der Waals surface area contributed by atoms with E-state index in [0.717, 1.165) is 30.9 Å². The van der Waals surface area contributed by atoms with E-state index in [1.807, 2.05) is 0 Å². The lowest BCUT2D eigenvalue weighted by atomic mass is 10.1. The average Bonchev–Trinajstić information content (AvgIpc) is 2.80. The van der Waals surface area contributed by atoms with E-state index in [1.165, 1.54) is 12.3 Å². The molecule has 19 heavy (non-hydrogen) atoms. The van der Waals surface area contributed by atoms with Crippen LogP contribution in [-0.4, -0.2) is 22.6 Å². The predicted molar refractivity (Wildman–Crippen MR) is 70.8 cm³/mol. The van der Waals surface area contributed by atoms with E-state index in [2.05, 4.69) is 29.1 Å². The second-order valence-electron chi connectivity index (χ2n) is 4.73. The molecule has 0 fully saturated rings. The molecule has 0 amide bonds. The summed E-state index contributed by atoms with van der Waals surface area (Å²) in [5, 5.41) is 3.27. The van der Waals surface area contributed by atoms with Crippen LogP contribution in [0.1, 0.15) is 19.7 Å². The molecule has 0 saturated heterocycles. The largest absolute Gasteiger partial charge is 0.342 e. The Balaban J connectivity index is 2.10. The molecule has 5 heteroatoms. The number of hydrogen-bond acceptors (Lipinski definition) is 2. The lowest BCUT2D eigenvalue weighted by Crippen LogP contribution is -2.25. The van der Waals surface area contributed by atoms with Crippen LogP contribution < -0.4 is 5.32 Å². The Morgan fingerprint density at radius 3 is 2.84 bits per heavy atom. The minimum Gasteiger partial charge on any atom is -0.342 e. The third-order valence-electron chi connectivity index (χ3n) is 2.76. The number of aromatic amines is 1. The highest BCUT2D eigenvalue weighted by Crippen LogP contribution is 2.21. The summed E-state index contributed by atoms with van der Waals surface area (Å²) >= 11 is 0. The van der Waals surface area contributed by atoms with Gasteiger partial charge in [-0.1, -0.05) is 13.8 Å². The van der Waals surface area contributed by atoms with E-state index in [4.69, 9.17) is 0 Å². The monoisotopic (exact) mass is 265 g/mol. The normalized spacial score (nSPS) is 11.2. The van der Waals surface area contributed by atoms with Gasteiger partial charge in [-0.2, -0.15) is 0 Å². The van der Waals surface area contributed by atoms with Gasteiger partial charge < -0.3 is 10.3 Å². The Morgan fingerprint density at radius 2 is 2.11 bits per heavy atom. The van der Waals surface area contributed by atoms with Crippen molar-refractivity contribution in [1.82, 2.24) is 15.3 Å². The molecule has 2 rings (SSSR count). The number of hydrogen-bond donors (Lipinski definition) is 2. The predicted octanol–water partition coefficient (Wildman–Crippen LogP) is 2.90. The second kappa shape index (κ2) is 5.93. The maximum absolute atomic E-state index is 13.6. The molecular weight excluding hydrogens is 248 g/mol. The van der Waals surface area contributed by atoms with E-state index in [1.54, 1.807) is 0 Å². The van der Waals surface area contributed by atoms with Crippen molar-refractivity contribution in [3.8, 4) is 11.3 Å². The summed E-state index contributed by atoms with van der Waals surface area (Å²) < 4.78 is 26.7. The van der Waals surface area contributed by atoms with Crippen LogP contribution in [0.3, 0.4) is 0 Å². The first-order chi connectivity index (χ1) is 9.06. The number of nitrogens with zero attached hydrogens (tertiary/aromatic N) is 1. The van der Waals surface area contributed by atoms with E-state index < -0.39 is 11.6 Å². The van der Waals surface area contributed by atoms with Crippen LogP contribution in [0.15, 0.2) is 24.4 Å². The number of H-pyrrole nitrogens is 1. The Labute approximate surface area is 111 Å². The summed E-state index contributed by atoms with van der Waals surface area (Å²) in [5.41, 5.74) is 0.701. The number of aromatic nitrogens is 2. The zero-order valence-corrected chi connectivity index (χ0v) is 11.0. The zero-order valence-electron chi connectivity index (χ0n) is 11.0. The van der Waals surface area contributed by atoms with Crippen molar-refractivity contribution in [2.24, 2.45) is 0 Å². The van der Waals surface area contributed by atoms with Crippen LogP contribution in [0.4, 0.5) is 8.78 Å². The molecule has 0 aliphatic rings. The highest BCUT2D eigenvalue weighted by atomic mass is 19.1. The highest BCUT2D eigenvalue weighted by molar-refractivity contribution is 5.59. The van der Waals surface area contributed by atoms with Crippen molar-refractivity contribution in [2.75, 3.05) is 6.54 Å². The van der Waals surface area contributed by atoms with Gasteiger partial charge in [-0.3, -0.25) is 0 Å². The number of halogens is 2. The Hall–Kier alpha value is -1.75. The van der Waals surface area contributed by atoms with Gasteiger partial charge in [0.25, 0.3) is 0 Å². The fraction of sp³-hybridized carbons (Fsp3) is 0.357. The minimum atomic E-state index is -0.464. The maximum Gasteiger partial charge on any atom is 0.132 e. The average molecular weight is 265 g/mol. The highest BCUT2D eigenvalue weighted by Gasteiger charge is 2.09. The third kappa shape index (κ3) is 3.61. The van der Waals surface area contributed by atoms with Crippen molar-refractivity contribution in [3.05, 3.63) is 41.9 Å². The lowest BCUT2D eigenvalue weighted by molar-refractivity contribution is 0.584. The molecule has 1 aromatic heterocycles. The Bertz CT molecular complexity index is 549. The molecule has 0 radical (unpaired) electrons. The van der Waals surface area contributed by atoms with Crippen molar-refractivity contribution >= 4 is 0 Å². The molecule has 0 spiro atoms. The first kappa shape index (κ1) is 13.7. The molecule has 0 unspecified atom stereocenters. The van der Waals surface area contributed by atoms with Gasteiger partial charge in [-0.05, 0) is 18.2 Å². The van der Waals surface area contributed by atoms with E-state index in [0.29, 0.717) is 11.7 Å². The molecule has 2 N–H and O–H groups in total. The Morgan fingerprint density at radius 1 is 1.32 bits per heavy atom. The fourth-order valence-corrected chi connectivity index (χ4v) is 1.81. The van der Waals surface area contributed by atoms with Gasteiger partial charge in [0.05, 0.1) is 11.9 Å². The number of rotatable bonds is 5. The lowest BCUT2D eigenvalue weighted by Gasteiger charge is -2.05. The molecule has 0 aliphatic carbocycles. The van der Waals surface area contributed by atoms with Crippen molar-refractivity contribution in [2.45, 2.75) is 26.3 Å². The van der Waals surface area contributed by atoms with Gasteiger partial charge in [0.15, 0.2) is 0 Å². The number of imidazole rings is 1. The molecule has 3 nitrogen and oxygen atoms in total. The molecule has 1 aromatic carbocycles. The summed E-state index contributed by atoms with van der Waals surface area (Å²) in [6.07, 6.45) is 2.25.